The molecule has 3 aromatic rings. The molecule has 6 aliphatic rings. The van der Waals surface area contributed by atoms with Crippen molar-refractivity contribution >= 4 is 52.6 Å². The molecule has 1 spiro atoms. The van der Waals surface area contributed by atoms with E-state index in [4.69, 9.17) is 21.6 Å². The number of piperidine rings is 3. The van der Waals surface area contributed by atoms with E-state index in [1.807, 2.05) is 12.1 Å². The fourth-order valence-corrected chi connectivity index (χ4v) is 10.0. The van der Waals surface area contributed by atoms with Crippen molar-refractivity contribution in [1.29, 1.82) is 5.26 Å². The average molecular weight is 820 g/mol. The molecule has 2 aromatic carbocycles. The van der Waals surface area contributed by atoms with Crippen LogP contribution in [-0.4, -0.2) is 113 Å². The van der Waals surface area contributed by atoms with Crippen LogP contribution < -0.4 is 25.2 Å². The Morgan fingerprint density at radius 3 is 2.27 bits per heavy atom. The summed E-state index contributed by atoms with van der Waals surface area (Å²) in [5.41, 5.74) is 2.53. The van der Waals surface area contributed by atoms with Gasteiger partial charge in [-0.2, -0.15) is 5.26 Å². The molecular weight excluding hydrogens is 774 g/mol. The van der Waals surface area contributed by atoms with Crippen molar-refractivity contribution in [2.45, 2.75) is 88.4 Å². The Bertz CT molecular complexity index is 2210. The van der Waals surface area contributed by atoms with Crippen LogP contribution in [0.25, 0.3) is 0 Å². The van der Waals surface area contributed by atoms with Crippen LogP contribution in [0.2, 0.25) is 5.02 Å². The van der Waals surface area contributed by atoms with Gasteiger partial charge in [-0.05, 0) is 106 Å². The van der Waals surface area contributed by atoms with E-state index in [9.17, 15) is 24.0 Å². The maximum absolute atomic E-state index is 13.4. The second-order valence-corrected chi connectivity index (χ2v) is 17.3. The second kappa shape index (κ2) is 15.9. The van der Waals surface area contributed by atoms with Crippen LogP contribution in [0.1, 0.15) is 101 Å². The minimum atomic E-state index is -0.970. The SMILES string of the molecule is N#Cc1ccc(OC2CCC(NC(=O)c3ccc(N4CCC(N5CC6(CCN(c7ccc8c(c7)C(=O)N(C7CCC(=O)NC7=O)C8=O)CC6)C5)CC4)nn3)CC2)cc1Cl. The number of likely N-dealkylation sites (tertiary alicyclic amines) is 1. The maximum atomic E-state index is 13.4. The maximum Gasteiger partial charge on any atom is 0.272 e. The lowest BCUT2D eigenvalue weighted by Gasteiger charge is -2.57. The van der Waals surface area contributed by atoms with Crippen molar-refractivity contribution < 1.29 is 28.7 Å². The van der Waals surface area contributed by atoms with E-state index in [-0.39, 0.29) is 36.3 Å². The topological polar surface area (TPSA) is 181 Å². The summed E-state index contributed by atoms with van der Waals surface area (Å²) in [7, 11) is 0. The molecule has 1 aliphatic carbocycles. The molecule has 306 valence electrons. The van der Waals surface area contributed by atoms with Gasteiger partial charge in [-0.3, -0.25) is 39.1 Å². The van der Waals surface area contributed by atoms with Gasteiger partial charge in [-0.1, -0.05) is 11.6 Å². The molecule has 6 heterocycles. The van der Waals surface area contributed by atoms with Gasteiger partial charge in [0.1, 0.15) is 17.9 Å². The molecule has 0 bridgehead atoms. The summed E-state index contributed by atoms with van der Waals surface area (Å²) in [5, 5.41) is 23.6. The van der Waals surface area contributed by atoms with Crippen molar-refractivity contribution in [3.05, 3.63) is 75.9 Å². The normalized spacial score (nSPS) is 24.7. The van der Waals surface area contributed by atoms with Crippen LogP contribution in [0.3, 0.4) is 0 Å². The molecule has 16 heteroatoms. The van der Waals surface area contributed by atoms with Crippen molar-refractivity contribution in [3.63, 3.8) is 0 Å². The Morgan fingerprint density at radius 1 is 0.847 bits per heavy atom. The number of anilines is 2. The summed E-state index contributed by atoms with van der Waals surface area (Å²) in [6, 6.07) is 15.8. The number of rotatable bonds is 8. The number of imide groups is 2. The fourth-order valence-electron chi connectivity index (χ4n) is 9.80. The molecule has 5 fully saturated rings. The molecule has 1 atom stereocenters. The highest BCUT2D eigenvalue weighted by Crippen LogP contribution is 2.44. The summed E-state index contributed by atoms with van der Waals surface area (Å²) < 4.78 is 6.08. The van der Waals surface area contributed by atoms with Gasteiger partial charge >= 0.3 is 0 Å². The number of fused-ring (bicyclic) bond motifs is 1. The Hall–Kier alpha value is -5.59. The summed E-state index contributed by atoms with van der Waals surface area (Å²) >= 11 is 6.15. The van der Waals surface area contributed by atoms with E-state index in [2.05, 4.69) is 41.6 Å². The first kappa shape index (κ1) is 38.9. The third kappa shape index (κ3) is 7.71. The Morgan fingerprint density at radius 2 is 1.59 bits per heavy atom. The Labute approximate surface area is 347 Å². The zero-order valence-corrected chi connectivity index (χ0v) is 33.5. The third-order valence-electron chi connectivity index (χ3n) is 13.3. The molecular formula is C43H46ClN9O6. The van der Waals surface area contributed by atoms with Crippen LogP contribution in [0.4, 0.5) is 11.5 Å². The molecule has 5 amide bonds. The smallest absolute Gasteiger partial charge is 0.272 e. The molecule has 59 heavy (non-hydrogen) atoms. The number of nitrogens with zero attached hydrogens (tertiary/aromatic N) is 7. The van der Waals surface area contributed by atoms with Gasteiger partial charge in [0.15, 0.2) is 11.5 Å². The number of benzene rings is 2. The van der Waals surface area contributed by atoms with Crippen LogP contribution in [0.15, 0.2) is 48.5 Å². The van der Waals surface area contributed by atoms with E-state index in [0.717, 1.165) is 107 Å². The first-order valence-electron chi connectivity index (χ1n) is 20.7. The first-order valence-corrected chi connectivity index (χ1v) is 21.0. The number of hydrogen-bond donors (Lipinski definition) is 2. The lowest BCUT2D eigenvalue weighted by molar-refractivity contribution is -0.136. The molecule has 1 saturated carbocycles. The number of halogens is 1. The molecule has 1 aromatic heterocycles. The summed E-state index contributed by atoms with van der Waals surface area (Å²) in [6.07, 6.45) is 7.59. The quantitative estimate of drug-likeness (QED) is 0.311. The molecule has 9 rings (SSSR count). The van der Waals surface area contributed by atoms with E-state index >= 15 is 0 Å². The predicted molar refractivity (Wildman–Crippen MR) is 216 cm³/mol. The minimum Gasteiger partial charge on any atom is -0.490 e. The lowest BCUT2D eigenvalue weighted by atomic mass is 9.70. The molecule has 0 radical (unpaired) electrons. The van der Waals surface area contributed by atoms with Crippen LogP contribution in [-0.2, 0) is 9.59 Å². The predicted octanol–water partition coefficient (Wildman–Crippen LogP) is 4.09. The van der Waals surface area contributed by atoms with Gasteiger partial charge in [0.25, 0.3) is 17.7 Å². The van der Waals surface area contributed by atoms with Crippen molar-refractivity contribution in [3.8, 4) is 11.8 Å². The number of carbonyl (C=O) groups excluding carboxylic acids is 5. The van der Waals surface area contributed by atoms with Gasteiger partial charge in [-0.25, -0.2) is 0 Å². The molecule has 5 aliphatic heterocycles. The van der Waals surface area contributed by atoms with E-state index in [0.29, 0.717) is 39.2 Å². The highest BCUT2D eigenvalue weighted by molar-refractivity contribution is 6.31. The number of nitriles is 1. The van der Waals surface area contributed by atoms with Crippen molar-refractivity contribution in [2.75, 3.05) is 49.1 Å². The van der Waals surface area contributed by atoms with Crippen LogP contribution >= 0.6 is 11.6 Å². The number of carbonyl (C=O) groups is 5. The lowest BCUT2D eigenvalue weighted by Crippen LogP contribution is -2.64. The highest BCUT2D eigenvalue weighted by atomic mass is 35.5. The summed E-state index contributed by atoms with van der Waals surface area (Å²) in [4.78, 5) is 71.8. The highest BCUT2D eigenvalue weighted by Gasteiger charge is 2.48. The standard InChI is InChI=1S/C43H46ClN9O6/c44-34-22-31(5-1-26(34)23-45)59-30-6-2-27(3-7-30)46-39(55)35-9-11-37(49-48-35)51-17-13-28(14-18-51)52-24-43(25-52)15-19-50(20-16-43)29-4-8-32-33(21-29)42(58)53(41(32)57)36-10-12-38(54)47-40(36)56/h1,4-5,8-9,11,21-22,27-28,30,36H,2-3,6-7,10,12-20,24-25H2,(H,46,55)(H,47,54,56). The van der Waals surface area contributed by atoms with E-state index < -0.39 is 29.7 Å². The fraction of sp³-hybridized carbons (Fsp3) is 0.488. The summed E-state index contributed by atoms with van der Waals surface area (Å²) in [5.74, 6) is -0.751. The Balaban J connectivity index is 0.699. The van der Waals surface area contributed by atoms with Crippen molar-refractivity contribution in [2.24, 2.45) is 5.41 Å². The number of hydrogen-bond acceptors (Lipinski definition) is 12. The Kier molecular flexibility index (Phi) is 10.5. The zero-order valence-electron chi connectivity index (χ0n) is 32.7. The molecule has 2 N–H and O–H groups in total. The van der Waals surface area contributed by atoms with E-state index in [1.54, 1.807) is 36.4 Å². The average Bonchev–Trinajstić information content (AvgIpc) is 3.48. The van der Waals surface area contributed by atoms with Gasteiger partial charge in [-0.15, -0.1) is 10.2 Å². The molecule has 4 saturated heterocycles. The monoisotopic (exact) mass is 819 g/mol. The van der Waals surface area contributed by atoms with E-state index in [1.165, 1.54) is 0 Å². The number of amides is 5. The zero-order chi connectivity index (χ0) is 40.8. The molecule has 15 nitrogen and oxygen atoms in total. The van der Waals surface area contributed by atoms with Gasteiger partial charge in [0.05, 0.1) is 27.8 Å². The van der Waals surface area contributed by atoms with Gasteiger partial charge in [0, 0.05) is 69.5 Å². The summed E-state index contributed by atoms with van der Waals surface area (Å²) in [6.45, 7) is 5.64. The largest absolute Gasteiger partial charge is 0.490 e. The number of nitrogens with one attached hydrogen (secondary N) is 2. The van der Waals surface area contributed by atoms with Gasteiger partial charge in [0.2, 0.25) is 11.8 Å². The molecule has 1 unspecified atom stereocenters. The van der Waals surface area contributed by atoms with Crippen LogP contribution in [0, 0.1) is 16.7 Å². The number of ether oxygens (including phenoxy) is 1. The number of aromatic nitrogens is 2. The van der Waals surface area contributed by atoms with Crippen molar-refractivity contribution in [1.82, 2.24) is 30.6 Å². The second-order valence-electron chi connectivity index (χ2n) is 16.9. The van der Waals surface area contributed by atoms with Crippen LogP contribution in [0.5, 0.6) is 5.75 Å². The minimum absolute atomic E-state index is 0.0215. The first-order chi connectivity index (χ1) is 28.6. The third-order valence-corrected chi connectivity index (χ3v) is 13.6. The van der Waals surface area contributed by atoms with Gasteiger partial charge < -0.3 is 19.9 Å².